The average molecular weight is 324 g/mol. The van der Waals surface area contributed by atoms with Crippen molar-refractivity contribution in [2.45, 2.75) is 6.54 Å². The summed E-state index contributed by atoms with van der Waals surface area (Å²) in [7, 11) is 0. The fraction of sp³-hybridized carbons (Fsp3) is 0.0833. The van der Waals surface area contributed by atoms with Crippen LogP contribution in [0, 0.1) is 10.1 Å². The van der Waals surface area contributed by atoms with Crippen LogP contribution in [0.25, 0.3) is 0 Å². The molecule has 0 bridgehead atoms. The third-order valence-electron chi connectivity index (χ3n) is 2.65. The molecule has 0 aliphatic heterocycles. The van der Waals surface area contributed by atoms with E-state index >= 15 is 0 Å². The summed E-state index contributed by atoms with van der Waals surface area (Å²) in [5.41, 5.74) is 6.46. The fourth-order valence-electron chi connectivity index (χ4n) is 1.66. The lowest BCUT2D eigenvalue weighted by Gasteiger charge is -2.08. The van der Waals surface area contributed by atoms with Crippen LogP contribution < -0.4 is 11.3 Å². The highest BCUT2D eigenvalue weighted by Gasteiger charge is 2.10. The van der Waals surface area contributed by atoms with Crippen molar-refractivity contribution in [3.63, 3.8) is 0 Å². The molecule has 0 saturated heterocycles. The molecular weight excluding hydrogens is 314 g/mol. The van der Waals surface area contributed by atoms with Crippen LogP contribution in [0.4, 0.5) is 11.4 Å². The molecule has 98 valence electrons. The first-order valence-electron chi connectivity index (χ1n) is 5.37. The van der Waals surface area contributed by atoms with Gasteiger partial charge in [-0.25, -0.2) is 0 Å². The first-order chi connectivity index (χ1) is 8.99. The minimum atomic E-state index is -0.493. The molecule has 19 heavy (non-hydrogen) atoms. The van der Waals surface area contributed by atoms with Gasteiger partial charge in [-0.05, 0) is 34.1 Å². The number of nitro groups is 1. The topological polar surface area (TPSA) is 91.2 Å². The van der Waals surface area contributed by atoms with Crippen LogP contribution in [0.3, 0.4) is 0 Å². The molecule has 2 N–H and O–H groups in total. The quantitative estimate of drug-likeness (QED) is 0.532. The average Bonchev–Trinajstić information content (AvgIpc) is 2.37. The Balaban J connectivity index is 2.43. The molecule has 0 aliphatic rings. The molecule has 2 rings (SSSR count). The molecule has 0 atom stereocenters. The van der Waals surface area contributed by atoms with E-state index in [9.17, 15) is 14.9 Å². The smallest absolute Gasteiger partial charge is 0.269 e. The zero-order valence-corrected chi connectivity index (χ0v) is 11.3. The zero-order chi connectivity index (χ0) is 14.0. The van der Waals surface area contributed by atoms with Gasteiger partial charge < -0.3 is 10.3 Å². The number of benzene rings is 1. The van der Waals surface area contributed by atoms with Gasteiger partial charge in [0.2, 0.25) is 0 Å². The van der Waals surface area contributed by atoms with Gasteiger partial charge in [-0.1, -0.05) is 0 Å². The Bertz CT molecular complexity index is 697. The summed E-state index contributed by atoms with van der Waals surface area (Å²) >= 11 is 3.14. The molecule has 0 saturated carbocycles. The zero-order valence-electron chi connectivity index (χ0n) is 9.75. The highest BCUT2D eigenvalue weighted by molar-refractivity contribution is 9.10. The molecular formula is C12H10BrN3O3. The number of non-ortho nitro benzene ring substituents is 1. The Morgan fingerprint density at radius 3 is 2.79 bits per heavy atom. The third-order valence-corrected chi connectivity index (χ3v) is 3.26. The van der Waals surface area contributed by atoms with E-state index in [1.54, 1.807) is 18.3 Å². The summed E-state index contributed by atoms with van der Waals surface area (Å²) in [4.78, 5) is 22.1. The van der Waals surface area contributed by atoms with Crippen LogP contribution in [0.5, 0.6) is 0 Å². The Labute approximate surface area is 116 Å². The Morgan fingerprint density at radius 1 is 1.37 bits per heavy atom. The number of rotatable bonds is 3. The fourth-order valence-corrected chi connectivity index (χ4v) is 2.04. The van der Waals surface area contributed by atoms with Crippen LogP contribution in [0.1, 0.15) is 5.56 Å². The van der Waals surface area contributed by atoms with E-state index in [1.807, 2.05) is 0 Å². The number of pyridine rings is 1. The van der Waals surface area contributed by atoms with E-state index in [4.69, 9.17) is 5.73 Å². The van der Waals surface area contributed by atoms with E-state index in [0.717, 1.165) is 0 Å². The van der Waals surface area contributed by atoms with Crippen molar-refractivity contribution in [3.8, 4) is 0 Å². The summed E-state index contributed by atoms with van der Waals surface area (Å²) in [6.07, 6.45) is 1.60. The summed E-state index contributed by atoms with van der Waals surface area (Å²) in [5, 5.41) is 10.7. The molecule has 1 aromatic carbocycles. The molecule has 2 aromatic rings. The maximum Gasteiger partial charge on any atom is 0.269 e. The number of nitro benzene ring substituents is 1. The van der Waals surface area contributed by atoms with Gasteiger partial charge in [-0.15, -0.1) is 0 Å². The van der Waals surface area contributed by atoms with E-state index in [0.29, 0.717) is 15.7 Å². The van der Waals surface area contributed by atoms with E-state index in [-0.39, 0.29) is 17.8 Å². The van der Waals surface area contributed by atoms with Crippen LogP contribution in [0.2, 0.25) is 0 Å². The van der Waals surface area contributed by atoms with Crippen molar-refractivity contribution < 1.29 is 4.92 Å². The van der Waals surface area contributed by atoms with Crippen molar-refractivity contribution >= 4 is 27.3 Å². The van der Waals surface area contributed by atoms with E-state index < -0.39 is 4.92 Å². The van der Waals surface area contributed by atoms with Gasteiger partial charge in [0.05, 0.1) is 15.9 Å². The first kappa shape index (κ1) is 13.3. The molecule has 0 aliphatic carbocycles. The van der Waals surface area contributed by atoms with Gasteiger partial charge in [0.15, 0.2) is 0 Å². The predicted molar refractivity (Wildman–Crippen MR) is 75.0 cm³/mol. The van der Waals surface area contributed by atoms with E-state index in [2.05, 4.69) is 15.9 Å². The molecule has 0 spiro atoms. The maximum absolute atomic E-state index is 11.8. The minimum Gasteiger partial charge on any atom is -0.398 e. The SMILES string of the molecule is Nc1ccc([N+](=O)[O-])cc1Cn1cccc(Br)c1=O. The third kappa shape index (κ3) is 2.82. The van der Waals surface area contributed by atoms with Gasteiger partial charge in [0.25, 0.3) is 11.2 Å². The van der Waals surface area contributed by atoms with Crippen LogP contribution in [-0.4, -0.2) is 9.49 Å². The Morgan fingerprint density at radius 2 is 2.11 bits per heavy atom. The van der Waals surface area contributed by atoms with Crippen LogP contribution in [0.15, 0.2) is 45.8 Å². The molecule has 0 radical (unpaired) electrons. The van der Waals surface area contributed by atoms with Gasteiger partial charge in [-0.3, -0.25) is 14.9 Å². The van der Waals surface area contributed by atoms with Crippen molar-refractivity contribution in [1.82, 2.24) is 4.57 Å². The van der Waals surface area contributed by atoms with Gasteiger partial charge in [0.1, 0.15) is 0 Å². The highest BCUT2D eigenvalue weighted by Crippen LogP contribution is 2.20. The molecule has 0 fully saturated rings. The number of aromatic nitrogens is 1. The molecule has 0 unspecified atom stereocenters. The lowest BCUT2D eigenvalue weighted by Crippen LogP contribution is -2.20. The number of hydrogen-bond donors (Lipinski definition) is 1. The Kier molecular flexibility index (Phi) is 3.66. The van der Waals surface area contributed by atoms with E-state index in [1.165, 1.54) is 22.8 Å². The molecule has 6 nitrogen and oxygen atoms in total. The number of anilines is 1. The second-order valence-electron chi connectivity index (χ2n) is 3.93. The van der Waals surface area contributed by atoms with Gasteiger partial charge in [0, 0.05) is 29.6 Å². The first-order valence-corrected chi connectivity index (χ1v) is 6.16. The monoisotopic (exact) mass is 323 g/mol. The number of halogens is 1. The summed E-state index contributed by atoms with van der Waals surface area (Å²) in [6, 6.07) is 7.52. The van der Waals surface area contributed by atoms with Gasteiger partial charge >= 0.3 is 0 Å². The maximum atomic E-state index is 11.8. The van der Waals surface area contributed by atoms with Crippen molar-refractivity contribution in [1.29, 1.82) is 0 Å². The molecule has 1 heterocycles. The van der Waals surface area contributed by atoms with Gasteiger partial charge in [-0.2, -0.15) is 0 Å². The van der Waals surface area contributed by atoms with Crippen molar-refractivity contribution in [2.24, 2.45) is 0 Å². The highest BCUT2D eigenvalue weighted by atomic mass is 79.9. The summed E-state index contributed by atoms with van der Waals surface area (Å²) in [6.45, 7) is 0.186. The van der Waals surface area contributed by atoms with Crippen LogP contribution >= 0.6 is 15.9 Å². The van der Waals surface area contributed by atoms with Crippen molar-refractivity contribution in [3.05, 3.63) is 67.0 Å². The van der Waals surface area contributed by atoms with Crippen molar-refractivity contribution in [2.75, 3.05) is 5.73 Å². The Hall–Kier alpha value is -2.15. The lowest BCUT2D eigenvalue weighted by atomic mass is 10.1. The minimum absolute atomic E-state index is 0.0488. The second-order valence-corrected chi connectivity index (χ2v) is 4.78. The number of hydrogen-bond acceptors (Lipinski definition) is 4. The molecule has 1 aromatic heterocycles. The molecule has 7 heteroatoms. The molecule has 0 amide bonds. The number of nitrogens with zero attached hydrogens (tertiary/aromatic N) is 2. The largest absolute Gasteiger partial charge is 0.398 e. The second kappa shape index (κ2) is 5.23. The van der Waals surface area contributed by atoms with Crippen LogP contribution in [-0.2, 0) is 6.54 Å². The standard InChI is InChI=1S/C12H10BrN3O3/c13-10-2-1-5-15(12(10)17)7-8-6-9(16(18)19)3-4-11(8)14/h1-6H,7,14H2. The number of nitrogens with two attached hydrogens (primary N) is 1. The summed E-state index contributed by atoms with van der Waals surface area (Å²) < 4.78 is 1.86. The number of nitrogen functional groups attached to an aromatic ring is 1. The lowest BCUT2D eigenvalue weighted by molar-refractivity contribution is -0.384. The predicted octanol–water partition coefficient (Wildman–Crippen LogP) is 2.15. The summed E-state index contributed by atoms with van der Waals surface area (Å²) in [5.74, 6) is 0. The normalized spacial score (nSPS) is 10.4.